The van der Waals surface area contributed by atoms with Gasteiger partial charge in [0.25, 0.3) is 0 Å². The molecule has 104 valence electrons. The largest absolute Gasteiger partial charge is 0.478 e. The lowest BCUT2D eigenvalue weighted by atomic mass is 10.2. The molecule has 1 heterocycles. The molecule has 20 heavy (non-hydrogen) atoms. The first-order valence-electron chi connectivity index (χ1n) is 5.72. The summed E-state index contributed by atoms with van der Waals surface area (Å²) in [5, 5.41) is 13.9. The van der Waals surface area contributed by atoms with Crippen LogP contribution >= 0.6 is 0 Å². The van der Waals surface area contributed by atoms with Crippen molar-refractivity contribution in [3.63, 3.8) is 0 Å². The first kappa shape index (κ1) is 13.6. The predicted octanol–water partition coefficient (Wildman–Crippen LogP) is 2.80. The van der Waals surface area contributed by atoms with Gasteiger partial charge in [-0.2, -0.15) is 0 Å². The van der Waals surface area contributed by atoms with Gasteiger partial charge in [-0.1, -0.05) is 0 Å². The summed E-state index contributed by atoms with van der Waals surface area (Å²) >= 11 is 0. The van der Waals surface area contributed by atoms with Crippen LogP contribution in [0, 0.1) is 12.7 Å². The number of aromatic amines is 1. The van der Waals surface area contributed by atoms with Gasteiger partial charge in [0.15, 0.2) is 0 Å². The number of amides is 2. The molecule has 4 N–H and O–H groups in total. The molecule has 2 aromatic rings. The van der Waals surface area contributed by atoms with E-state index in [4.69, 9.17) is 5.11 Å². The maximum atomic E-state index is 12.7. The molecule has 2 amide bonds. The quantitative estimate of drug-likeness (QED) is 0.694. The summed E-state index contributed by atoms with van der Waals surface area (Å²) in [6.07, 6.45) is 1.39. The molecule has 0 atom stereocenters. The van der Waals surface area contributed by atoms with Gasteiger partial charge in [0.05, 0.1) is 5.69 Å². The number of anilines is 2. The summed E-state index contributed by atoms with van der Waals surface area (Å²) in [5.41, 5.74) is 0.997. The van der Waals surface area contributed by atoms with Crippen LogP contribution in [0.25, 0.3) is 0 Å². The molecule has 6 nitrogen and oxygen atoms in total. The van der Waals surface area contributed by atoms with Crippen molar-refractivity contribution in [3.05, 3.63) is 47.5 Å². The number of hydrogen-bond donors (Lipinski definition) is 4. The number of rotatable bonds is 3. The number of carboxylic acid groups (broad SMARTS) is 1. The third-order valence-corrected chi connectivity index (χ3v) is 2.64. The van der Waals surface area contributed by atoms with E-state index in [2.05, 4.69) is 15.6 Å². The maximum absolute atomic E-state index is 12.7. The highest BCUT2D eigenvalue weighted by Gasteiger charge is 2.16. The number of urea groups is 1. The van der Waals surface area contributed by atoms with E-state index in [1.807, 2.05) is 0 Å². The van der Waals surface area contributed by atoms with Crippen molar-refractivity contribution in [3.8, 4) is 0 Å². The molecule has 2 rings (SSSR count). The number of carbonyl (C=O) groups is 2. The number of aromatic carboxylic acids is 1. The molecular formula is C13H12FN3O3. The highest BCUT2D eigenvalue weighted by atomic mass is 19.1. The Bertz CT molecular complexity index is 649. The number of halogens is 1. The SMILES string of the molecule is Cc1[nH]cc(NC(=O)Nc2ccc(F)cc2)c1C(=O)O. The zero-order valence-electron chi connectivity index (χ0n) is 10.5. The fraction of sp³-hybridized carbons (Fsp3) is 0.0769. The summed E-state index contributed by atoms with van der Waals surface area (Å²) < 4.78 is 12.7. The van der Waals surface area contributed by atoms with E-state index >= 15 is 0 Å². The lowest BCUT2D eigenvalue weighted by Gasteiger charge is -2.07. The van der Waals surface area contributed by atoms with Gasteiger partial charge in [-0.05, 0) is 31.2 Å². The van der Waals surface area contributed by atoms with Gasteiger partial charge in [0, 0.05) is 17.6 Å². The number of aryl methyl sites for hydroxylation is 1. The Kier molecular flexibility index (Phi) is 3.69. The van der Waals surface area contributed by atoms with Crippen molar-refractivity contribution in [2.75, 3.05) is 10.6 Å². The molecule has 1 aromatic heterocycles. The molecular weight excluding hydrogens is 265 g/mol. The number of benzene rings is 1. The summed E-state index contributed by atoms with van der Waals surface area (Å²) in [5.74, 6) is -1.55. The maximum Gasteiger partial charge on any atom is 0.339 e. The predicted molar refractivity (Wildman–Crippen MR) is 71.5 cm³/mol. The van der Waals surface area contributed by atoms with Gasteiger partial charge in [-0.25, -0.2) is 14.0 Å². The Balaban J connectivity index is 2.09. The Morgan fingerprint density at radius 2 is 1.85 bits per heavy atom. The number of carboxylic acids is 1. The lowest BCUT2D eigenvalue weighted by Crippen LogP contribution is -2.20. The number of H-pyrrole nitrogens is 1. The summed E-state index contributed by atoms with van der Waals surface area (Å²) in [7, 11) is 0. The molecule has 0 radical (unpaired) electrons. The van der Waals surface area contributed by atoms with Crippen LogP contribution in [0.2, 0.25) is 0 Å². The van der Waals surface area contributed by atoms with E-state index in [1.165, 1.54) is 30.5 Å². The van der Waals surface area contributed by atoms with Crippen molar-refractivity contribution < 1.29 is 19.1 Å². The lowest BCUT2D eigenvalue weighted by molar-refractivity contribution is 0.0697. The fourth-order valence-corrected chi connectivity index (χ4v) is 1.72. The second-order valence-corrected chi connectivity index (χ2v) is 4.09. The van der Waals surface area contributed by atoms with Crippen LogP contribution in [0.5, 0.6) is 0 Å². The topological polar surface area (TPSA) is 94.2 Å². The molecule has 0 aliphatic heterocycles. The summed E-state index contributed by atoms with van der Waals surface area (Å²) in [4.78, 5) is 25.5. The number of aromatic nitrogens is 1. The normalized spacial score (nSPS) is 10.1. The van der Waals surface area contributed by atoms with Crippen molar-refractivity contribution in [2.45, 2.75) is 6.92 Å². The van der Waals surface area contributed by atoms with Gasteiger partial charge in [-0.3, -0.25) is 0 Å². The van der Waals surface area contributed by atoms with E-state index in [9.17, 15) is 14.0 Å². The first-order chi connectivity index (χ1) is 9.47. The zero-order valence-corrected chi connectivity index (χ0v) is 10.5. The Morgan fingerprint density at radius 3 is 2.45 bits per heavy atom. The summed E-state index contributed by atoms with van der Waals surface area (Å²) in [6.45, 7) is 1.59. The van der Waals surface area contributed by atoms with Crippen LogP contribution in [-0.4, -0.2) is 22.1 Å². The second kappa shape index (κ2) is 5.43. The minimum Gasteiger partial charge on any atom is -0.478 e. The second-order valence-electron chi connectivity index (χ2n) is 4.09. The standard InChI is InChI=1S/C13H12FN3O3/c1-7-11(12(18)19)10(6-15-7)17-13(20)16-9-4-2-8(14)3-5-9/h2-6,15H,1H3,(H,18,19)(H2,16,17,20). The van der Waals surface area contributed by atoms with E-state index in [1.54, 1.807) is 6.92 Å². The molecule has 0 bridgehead atoms. The summed E-state index contributed by atoms with van der Waals surface area (Å²) in [6, 6.07) is 4.60. The van der Waals surface area contributed by atoms with Crippen molar-refractivity contribution in [1.82, 2.24) is 4.98 Å². The van der Waals surface area contributed by atoms with Crippen molar-refractivity contribution in [1.29, 1.82) is 0 Å². The average Bonchev–Trinajstić information content (AvgIpc) is 2.73. The van der Waals surface area contributed by atoms with Gasteiger partial charge in [0.2, 0.25) is 0 Å². The molecule has 0 saturated heterocycles. The van der Waals surface area contributed by atoms with Crippen LogP contribution in [0.4, 0.5) is 20.6 Å². The third kappa shape index (κ3) is 2.94. The smallest absolute Gasteiger partial charge is 0.339 e. The average molecular weight is 277 g/mol. The van der Waals surface area contributed by atoms with Gasteiger partial charge in [-0.15, -0.1) is 0 Å². The fourth-order valence-electron chi connectivity index (χ4n) is 1.72. The number of nitrogens with one attached hydrogen (secondary N) is 3. The Hall–Kier alpha value is -2.83. The van der Waals surface area contributed by atoms with Crippen LogP contribution in [0.3, 0.4) is 0 Å². The minimum absolute atomic E-state index is 0.000689. The van der Waals surface area contributed by atoms with Gasteiger partial charge in [0.1, 0.15) is 11.4 Å². The van der Waals surface area contributed by atoms with Crippen LogP contribution in [0.1, 0.15) is 16.1 Å². The van der Waals surface area contributed by atoms with E-state index in [-0.39, 0.29) is 11.3 Å². The van der Waals surface area contributed by atoms with E-state index in [0.29, 0.717) is 11.4 Å². The monoisotopic (exact) mass is 277 g/mol. The molecule has 0 spiro atoms. The molecule has 0 aliphatic rings. The highest BCUT2D eigenvalue weighted by Crippen LogP contribution is 2.19. The first-order valence-corrected chi connectivity index (χ1v) is 5.72. The van der Waals surface area contributed by atoms with Gasteiger partial charge < -0.3 is 20.7 Å². The van der Waals surface area contributed by atoms with Crippen molar-refractivity contribution >= 4 is 23.4 Å². The molecule has 7 heteroatoms. The molecule has 0 fully saturated rings. The van der Waals surface area contributed by atoms with E-state index < -0.39 is 17.8 Å². The number of carbonyl (C=O) groups excluding carboxylic acids is 1. The molecule has 1 aromatic carbocycles. The third-order valence-electron chi connectivity index (χ3n) is 2.64. The number of hydrogen-bond acceptors (Lipinski definition) is 2. The molecule has 0 unspecified atom stereocenters. The highest BCUT2D eigenvalue weighted by molar-refractivity contribution is 6.05. The molecule has 0 saturated carbocycles. The van der Waals surface area contributed by atoms with E-state index in [0.717, 1.165) is 0 Å². The zero-order chi connectivity index (χ0) is 14.7. The van der Waals surface area contributed by atoms with Crippen LogP contribution in [-0.2, 0) is 0 Å². The van der Waals surface area contributed by atoms with Gasteiger partial charge >= 0.3 is 12.0 Å². The van der Waals surface area contributed by atoms with Crippen LogP contribution in [0.15, 0.2) is 30.5 Å². The molecule has 0 aliphatic carbocycles. The van der Waals surface area contributed by atoms with Crippen molar-refractivity contribution in [2.24, 2.45) is 0 Å². The Morgan fingerprint density at radius 1 is 1.20 bits per heavy atom. The minimum atomic E-state index is -1.14. The Labute approximate surface area is 113 Å². The van der Waals surface area contributed by atoms with Crippen LogP contribution < -0.4 is 10.6 Å².